The number of piperidine rings is 1. The van der Waals surface area contributed by atoms with Crippen molar-refractivity contribution in [3.63, 3.8) is 0 Å². The summed E-state index contributed by atoms with van der Waals surface area (Å²) in [4.78, 5) is 22.5. The molecule has 174 valence electrons. The Labute approximate surface area is 192 Å². The summed E-state index contributed by atoms with van der Waals surface area (Å²) in [6.07, 6.45) is -1.67. The predicted molar refractivity (Wildman–Crippen MR) is 116 cm³/mol. The zero-order valence-corrected chi connectivity index (χ0v) is 18.2. The van der Waals surface area contributed by atoms with Gasteiger partial charge in [0.25, 0.3) is 0 Å². The van der Waals surface area contributed by atoms with Gasteiger partial charge in [0.05, 0.1) is 5.56 Å². The van der Waals surface area contributed by atoms with Crippen LogP contribution in [0, 0.1) is 0 Å². The molecular weight excluding hydrogens is 459 g/mol. The van der Waals surface area contributed by atoms with Gasteiger partial charge in [0.2, 0.25) is 17.6 Å². The number of nitrogens with zero attached hydrogens (tertiary/aromatic N) is 4. The SMILES string of the molecule is O=C(CCc1nc(-c2ccc(Cl)cc2)no1)NC1CCN(c2ccc(C(F)(F)F)cn2)CC1. The van der Waals surface area contributed by atoms with Crippen LogP contribution < -0.4 is 10.2 Å². The van der Waals surface area contributed by atoms with E-state index in [9.17, 15) is 18.0 Å². The minimum atomic E-state index is -4.40. The molecule has 1 aromatic carbocycles. The summed E-state index contributed by atoms with van der Waals surface area (Å²) in [5.41, 5.74) is 0.00285. The number of amides is 1. The van der Waals surface area contributed by atoms with E-state index < -0.39 is 11.7 Å². The lowest BCUT2D eigenvalue weighted by Crippen LogP contribution is -2.45. The number of pyridine rings is 1. The van der Waals surface area contributed by atoms with Gasteiger partial charge in [-0.15, -0.1) is 0 Å². The molecule has 33 heavy (non-hydrogen) atoms. The van der Waals surface area contributed by atoms with Gasteiger partial charge in [0.15, 0.2) is 0 Å². The number of rotatable bonds is 6. The number of hydrogen-bond acceptors (Lipinski definition) is 6. The zero-order chi connectivity index (χ0) is 23.4. The number of benzene rings is 1. The number of aryl methyl sites for hydroxylation is 1. The summed E-state index contributed by atoms with van der Waals surface area (Å²) in [5.74, 6) is 1.19. The van der Waals surface area contributed by atoms with Gasteiger partial charge in [-0.3, -0.25) is 4.79 Å². The molecule has 1 amide bonds. The van der Waals surface area contributed by atoms with Gasteiger partial charge in [-0.1, -0.05) is 16.8 Å². The van der Waals surface area contributed by atoms with E-state index in [1.807, 2.05) is 4.90 Å². The highest BCUT2D eigenvalue weighted by molar-refractivity contribution is 6.30. The number of carbonyl (C=O) groups is 1. The molecule has 0 radical (unpaired) electrons. The van der Waals surface area contributed by atoms with Crippen LogP contribution in [0.3, 0.4) is 0 Å². The molecule has 1 fully saturated rings. The molecule has 11 heteroatoms. The number of aromatic nitrogens is 3. The Balaban J connectivity index is 1.22. The lowest BCUT2D eigenvalue weighted by Gasteiger charge is -2.33. The molecule has 4 rings (SSSR count). The van der Waals surface area contributed by atoms with Crippen LogP contribution in [0.4, 0.5) is 19.0 Å². The second-order valence-electron chi connectivity index (χ2n) is 7.75. The number of nitrogens with one attached hydrogen (secondary N) is 1. The predicted octanol–water partition coefficient (Wildman–Crippen LogP) is 4.52. The zero-order valence-electron chi connectivity index (χ0n) is 17.5. The van der Waals surface area contributed by atoms with Crippen LogP contribution in [0.1, 0.15) is 30.7 Å². The summed E-state index contributed by atoms with van der Waals surface area (Å²) in [5, 5.41) is 7.54. The van der Waals surface area contributed by atoms with Crippen molar-refractivity contribution in [1.29, 1.82) is 0 Å². The fraction of sp³-hybridized carbons (Fsp3) is 0.364. The summed E-state index contributed by atoms with van der Waals surface area (Å²) in [7, 11) is 0. The second-order valence-corrected chi connectivity index (χ2v) is 8.19. The summed E-state index contributed by atoms with van der Waals surface area (Å²) >= 11 is 5.88. The number of alkyl halides is 3. The first-order valence-corrected chi connectivity index (χ1v) is 10.8. The summed E-state index contributed by atoms with van der Waals surface area (Å²) < 4.78 is 43.3. The van der Waals surface area contributed by atoms with Crippen molar-refractivity contribution in [2.24, 2.45) is 0 Å². The van der Waals surface area contributed by atoms with Gasteiger partial charge < -0.3 is 14.7 Å². The van der Waals surface area contributed by atoms with Crippen LogP contribution in [0.15, 0.2) is 47.1 Å². The van der Waals surface area contributed by atoms with Crippen molar-refractivity contribution >= 4 is 23.3 Å². The Morgan fingerprint density at radius 3 is 2.52 bits per heavy atom. The maximum Gasteiger partial charge on any atom is 0.417 e. The molecule has 3 aromatic rings. The van der Waals surface area contributed by atoms with Crippen LogP contribution >= 0.6 is 11.6 Å². The normalized spacial score (nSPS) is 15.0. The van der Waals surface area contributed by atoms with Gasteiger partial charge in [-0.2, -0.15) is 18.2 Å². The average Bonchev–Trinajstić information content (AvgIpc) is 3.27. The third-order valence-corrected chi connectivity index (χ3v) is 5.65. The van der Waals surface area contributed by atoms with E-state index in [2.05, 4.69) is 20.4 Å². The third kappa shape index (κ3) is 6.01. The molecule has 0 aliphatic carbocycles. The van der Waals surface area contributed by atoms with Crippen LogP contribution in [0.25, 0.3) is 11.4 Å². The molecule has 2 aromatic heterocycles. The van der Waals surface area contributed by atoms with Gasteiger partial charge in [0.1, 0.15) is 5.82 Å². The molecule has 7 nitrogen and oxygen atoms in total. The standard InChI is InChI=1S/C22H21ClF3N5O2/c23-16-4-1-14(2-5-16)21-29-20(33-30-21)8-7-19(32)28-17-9-11-31(12-10-17)18-6-3-15(13-27-18)22(24,25)26/h1-6,13,17H,7-12H2,(H,28,32). The third-order valence-electron chi connectivity index (χ3n) is 5.40. The van der Waals surface area contributed by atoms with Crippen LogP contribution in [-0.4, -0.2) is 40.2 Å². The molecule has 0 saturated carbocycles. The summed E-state index contributed by atoms with van der Waals surface area (Å²) in [6, 6.07) is 9.46. The minimum Gasteiger partial charge on any atom is -0.356 e. The molecule has 1 N–H and O–H groups in total. The molecular formula is C22H21ClF3N5O2. The first-order valence-electron chi connectivity index (χ1n) is 10.4. The quantitative estimate of drug-likeness (QED) is 0.559. The number of anilines is 1. The Morgan fingerprint density at radius 2 is 1.88 bits per heavy atom. The van der Waals surface area contributed by atoms with E-state index in [0.29, 0.717) is 54.9 Å². The topological polar surface area (TPSA) is 84.1 Å². The van der Waals surface area contributed by atoms with E-state index in [1.54, 1.807) is 24.3 Å². The van der Waals surface area contributed by atoms with Crippen molar-refractivity contribution in [3.05, 3.63) is 59.1 Å². The first-order chi connectivity index (χ1) is 15.8. The number of hydrogen-bond donors (Lipinski definition) is 1. The molecule has 3 heterocycles. The molecule has 1 aliphatic heterocycles. The minimum absolute atomic E-state index is 0.00416. The monoisotopic (exact) mass is 479 g/mol. The largest absolute Gasteiger partial charge is 0.417 e. The second kappa shape index (κ2) is 9.78. The maximum atomic E-state index is 12.7. The van der Waals surface area contributed by atoms with Gasteiger partial charge in [-0.25, -0.2) is 4.98 Å². The smallest absolute Gasteiger partial charge is 0.356 e. The lowest BCUT2D eigenvalue weighted by molar-refractivity contribution is -0.137. The van der Waals surface area contributed by atoms with E-state index in [-0.39, 0.29) is 18.4 Å². The van der Waals surface area contributed by atoms with E-state index in [0.717, 1.165) is 17.8 Å². The molecule has 0 atom stereocenters. The first kappa shape index (κ1) is 23.0. The van der Waals surface area contributed by atoms with Crippen molar-refractivity contribution in [2.45, 2.75) is 37.9 Å². The maximum absolute atomic E-state index is 12.7. The highest BCUT2D eigenvalue weighted by atomic mass is 35.5. The molecule has 1 aliphatic rings. The van der Waals surface area contributed by atoms with Gasteiger partial charge in [-0.05, 0) is 49.2 Å². The Hall–Kier alpha value is -3.14. The fourth-order valence-electron chi connectivity index (χ4n) is 3.59. The van der Waals surface area contributed by atoms with Crippen LogP contribution in [0.2, 0.25) is 5.02 Å². The van der Waals surface area contributed by atoms with Gasteiger partial charge >= 0.3 is 6.18 Å². The molecule has 0 bridgehead atoms. The van der Waals surface area contributed by atoms with Crippen molar-refractivity contribution in [1.82, 2.24) is 20.4 Å². The Morgan fingerprint density at radius 1 is 1.15 bits per heavy atom. The average molecular weight is 480 g/mol. The highest BCUT2D eigenvalue weighted by Gasteiger charge is 2.31. The van der Waals surface area contributed by atoms with Crippen molar-refractivity contribution in [3.8, 4) is 11.4 Å². The van der Waals surface area contributed by atoms with Crippen LogP contribution in [0.5, 0.6) is 0 Å². The molecule has 0 unspecified atom stereocenters. The van der Waals surface area contributed by atoms with Crippen LogP contribution in [-0.2, 0) is 17.4 Å². The highest BCUT2D eigenvalue weighted by Crippen LogP contribution is 2.29. The van der Waals surface area contributed by atoms with E-state index in [4.69, 9.17) is 16.1 Å². The number of carbonyl (C=O) groups excluding carboxylic acids is 1. The molecule has 0 spiro atoms. The Bertz CT molecular complexity index is 1080. The molecule has 1 saturated heterocycles. The van der Waals surface area contributed by atoms with Gasteiger partial charge in [0, 0.05) is 48.8 Å². The van der Waals surface area contributed by atoms with E-state index >= 15 is 0 Å². The number of halogens is 4. The van der Waals surface area contributed by atoms with Crippen molar-refractivity contribution in [2.75, 3.05) is 18.0 Å². The van der Waals surface area contributed by atoms with E-state index in [1.165, 1.54) is 6.07 Å². The Kier molecular flexibility index (Phi) is 6.83. The lowest BCUT2D eigenvalue weighted by atomic mass is 10.0. The summed E-state index contributed by atoms with van der Waals surface area (Å²) in [6.45, 7) is 1.19. The van der Waals surface area contributed by atoms with Crippen molar-refractivity contribution < 1.29 is 22.5 Å². The fourth-order valence-corrected chi connectivity index (χ4v) is 3.71.